The predicted molar refractivity (Wildman–Crippen MR) is 116 cm³/mol. The lowest BCUT2D eigenvalue weighted by molar-refractivity contribution is -0.130. The van der Waals surface area contributed by atoms with Crippen molar-refractivity contribution in [3.8, 4) is 23.0 Å². The number of amides is 1. The summed E-state index contributed by atoms with van der Waals surface area (Å²) in [7, 11) is 1.41. The van der Waals surface area contributed by atoms with Crippen LogP contribution in [0.4, 0.5) is 4.39 Å². The van der Waals surface area contributed by atoms with Crippen LogP contribution in [-0.4, -0.2) is 37.9 Å². The minimum atomic E-state index is -0.837. The maximum absolute atomic E-state index is 13.3. The zero-order valence-corrected chi connectivity index (χ0v) is 17.5. The van der Waals surface area contributed by atoms with Crippen molar-refractivity contribution in [2.24, 2.45) is 5.10 Å². The zero-order chi connectivity index (χ0) is 23.2. The van der Waals surface area contributed by atoms with E-state index in [1.165, 1.54) is 37.6 Å². The summed E-state index contributed by atoms with van der Waals surface area (Å²) in [6, 6.07) is 16.9. The number of esters is 1. The molecule has 1 unspecified atom stereocenters. The highest BCUT2D eigenvalue weighted by atomic mass is 19.1. The number of hydrazone groups is 1. The van der Waals surface area contributed by atoms with Crippen molar-refractivity contribution in [3.63, 3.8) is 0 Å². The standard InChI is InChI=1S/C24H19FN2O6/c1-30-21-11-15(9-10-20(21)33-24(29)16-5-4-6-17(25)12-16)13-26-27-23(28)22-14-31-18-7-2-3-8-19(18)32-22/h2-13,22H,14H2,1H3,(H,27,28). The maximum Gasteiger partial charge on any atom is 0.343 e. The Morgan fingerprint density at radius 3 is 2.67 bits per heavy atom. The van der Waals surface area contributed by atoms with Gasteiger partial charge >= 0.3 is 5.97 Å². The molecular weight excluding hydrogens is 431 g/mol. The van der Waals surface area contributed by atoms with Gasteiger partial charge in [0.15, 0.2) is 23.0 Å². The van der Waals surface area contributed by atoms with E-state index < -0.39 is 23.8 Å². The van der Waals surface area contributed by atoms with Crippen LogP contribution in [0.15, 0.2) is 71.8 Å². The van der Waals surface area contributed by atoms with Crippen LogP contribution in [0.5, 0.6) is 23.0 Å². The summed E-state index contributed by atoms with van der Waals surface area (Å²) < 4.78 is 35.1. The van der Waals surface area contributed by atoms with Crippen LogP contribution in [0, 0.1) is 5.82 Å². The molecule has 3 aromatic rings. The third-order valence-corrected chi connectivity index (χ3v) is 4.64. The molecule has 3 aromatic carbocycles. The van der Waals surface area contributed by atoms with Crippen molar-refractivity contribution in [1.29, 1.82) is 0 Å². The van der Waals surface area contributed by atoms with Crippen LogP contribution in [-0.2, 0) is 4.79 Å². The molecule has 0 saturated heterocycles. The molecule has 0 fully saturated rings. The molecule has 1 aliphatic heterocycles. The molecule has 0 radical (unpaired) electrons. The summed E-state index contributed by atoms with van der Waals surface area (Å²) in [4.78, 5) is 24.6. The number of carbonyl (C=O) groups excluding carboxylic acids is 2. The molecular formula is C24H19FN2O6. The van der Waals surface area contributed by atoms with Gasteiger partial charge in [0.2, 0.25) is 6.10 Å². The van der Waals surface area contributed by atoms with E-state index >= 15 is 0 Å². The highest BCUT2D eigenvalue weighted by Crippen LogP contribution is 2.31. The topological polar surface area (TPSA) is 95.5 Å². The summed E-state index contributed by atoms with van der Waals surface area (Å²) >= 11 is 0. The Labute approximate surface area is 188 Å². The van der Waals surface area contributed by atoms with Gasteiger partial charge in [0.05, 0.1) is 18.9 Å². The number of para-hydroxylation sites is 2. The number of benzene rings is 3. The molecule has 0 aromatic heterocycles. The SMILES string of the molecule is COc1cc(C=NNC(=O)C2COc3ccccc3O2)ccc1OC(=O)c1cccc(F)c1. The molecule has 0 saturated carbocycles. The molecule has 0 spiro atoms. The van der Waals surface area contributed by atoms with Gasteiger partial charge in [-0.2, -0.15) is 5.10 Å². The summed E-state index contributed by atoms with van der Waals surface area (Å²) in [5.41, 5.74) is 3.05. The number of nitrogens with zero attached hydrogens (tertiary/aromatic N) is 1. The Kier molecular flexibility index (Phi) is 6.49. The summed E-state index contributed by atoms with van der Waals surface area (Å²) in [6.07, 6.45) is 0.562. The Morgan fingerprint density at radius 2 is 1.88 bits per heavy atom. The molecule has 33 heavy (non-hydrogen) atoms. The summed E-state index contributed by atoms with van der Waals surface area (Å²) in [5.74, 6) is -0.253. The average molecular weight is 450 g/mol. The van der Waals surface area contributed by atoms with Gasteiger partial charge in [-0.05, 0) is 54.1 Å². The molecule has 0 aliphatic carbocycles. The minimum absolute atomic E-state index is 0.0670. The number of fused-ring (bicyclic) bond motifs is 1. The van der Waals surface area contributed by atoms with Crippen LogP contribution in [0.2, 0.25) is 0 Å². The molecule has 8 nitrogen and oxygen atoms in total. The first kappa shape index (κ1) is 21.8. The Balaban J connectivity index is 1.37. The van der Waals surface area contributed by atoms with Gasteiger partial charge in [0.1, 0.15) is 12.4 Å². The van der Waals surface area contributed by atoms with Gasteiger partial charge in [0.25, 0.3) is 5.91 Å². The molecule has 1 atom stereocenters. The van der Waals surface area contributed by atoms with Crippen molar-refractivity contribution >= 4 is 18.1 Å². The minimum Gasteiger partial charge on any atom is -0.493 e. The lowest BCUT2D eigenvalue weighted by atomic mass is 10.2. The molecule has 1 amide bonds. The van der Waals surface area contributed by atoms with Crippen molar-refractivity contribution in [2.75, 3.05) is 13.7 Å². The quantitative estimate of drug-likeness (QED) is 0.268. The second-order valence-electron chi connectivity index (χ2n) is 6.91. The van der Waals surface area contributed by atoms with Crippen LogP contribution >= 0.6 is 0 Å². The predicted octanol–water partition coefficient (Wildman–Crippen LogP) is 3.34. The third kappa shape index (κ3) is 5.27. The van der Waals surface area contributed by atoms with Crippen molar-refractivity contribution in [1.82, 2.24) is 5.43 Å². The Hall–Kier alpha value is -4.40. The van der Waals surface area contributed by atoms with Gasteiger partial charge in [0, 0.05) is 0 Å². The van der Waals surface area contributed by atoms with E-state index in [0.29, 0.717) is 17.1 Å². The average Bonchev–Trinajstić information content (AvgIpc) is 2.84. The first-order valence-electron chi connectivity index (χ1n) is 9.90. The van der Waals surface area contributed by atoms with Gasteiger partial charge < -0.3 is 18.9 Å². The second-order valence-corrected chi connectivity index (χ2v) is 6.91. The number of hydrogen-bond acceptors (Lipinski definition) is 7. The normalized spacial score (nSPS) is 14.5. The monoisotopic (exact) mass is 450 g/mol. The molecule has 0 bridgehead atoms. The third-order valence-electron chi connectivity index (χ3n) is 4.64. The zero-order valence-electron chi connectivity index (χ0n) is 17.5. The molecule has 168 valence electrons. The number of methoxy groups -OCH3 is 1. The summed E-state index contributed by atoms with van der Waals surface area (Å²) in [5, 5.41) is 3.93. The van der Waals surface area contributed by atoms with Crippen LogP contribution in [0.3, 0.4) is 0 Å². The van der Waals surface area contributed by atoms with Gasteiger partial charge in [-0.15, -0.1) is 0 Å². The van der Waals surface area contributed by atoms with Crippen molar-refractivity contribution in [2.45, 2.75) is 6.10 Å². The molecule has 1 N–H and O–H groups in total. The number of rotatable bonds is 6. The van der Waals surface area contributed by atoms with Gasteiger partial charge in [-0.1, -0.05) is 18.2 Å². The fourth-order valence-electron chi connectivity index (χ4n) is 3.01. The van der Waals surface area contributed by atoms with E-state index in [2.05, 4.69) is 10.5 Å². The molecule has 1 aliphatic rings. The van der Waals surface area contributed by atoms with Crippen molar-refractivity contribution in [3.05, 3.63) is 83.7 Å². The number of nitrogens with one attached hydrogen (secondary N) is 1. The maximum atomic E-state index is 13.3. The van der Waals surface area contributed by atoms with E-state index in [1.807, 2.05) is 6.07 Å². The largest absolute Gasteiger partial charge is 0.493 e. The number of carbonyl (C=O) groups is 2. The fraction of sp³-hybridized carbons (Fsp3) is 0.125. The molecule has 4 rings (SSSR count). The van der Waals surface area contributed by atoms with Crippen LogP contribution < -0.4 is 24.4 Å². The highest BCUT2D eigenvalue weighted by Gasteiger charge is 2.27. The van der Waals surface area contributed by atoms with Crippen LogP contribution in [0.25, 0.3) is 0 Å². The van der Waals surface area contributed by atoms with Crippen LogP contribution in [0.1, 0.15) is 15.9 Å². The first-order valence-corrected chi connectivity index (χ1v) is 9.90. The van der Waals surface area contributed by atoms with E-state index in [0.717, 1.165) is 6.07 Å². The van der Waals surface area contributed by atoms with E-state index in [1.54, 1.807) is 30.3 Å². The van der Waals surface area contributed by atoms with E-state index in [4.69, 9.17) is 18.9 Å². The highest BCUT2D eigenvalue weighted by molar-refractivity contribution is 5.91. The number of hydrogen-bond donors (Lipinski definition) is 1. The number of halogens is 1. The molecule has 1 heterocycles. The van der Waals surface area contributed by atoms with E-state index in [9.17, 15) is 14.0 Å². The Morgan fingerprint density at radius 1 is 1.06 bits per heavy atom. The summed E-state index contributed by atoms with van der Waals surface area (Å²) in [6.45, 7) is 0.0670. The van der Waals surface area contributed by atoms with Gasteiger partial charge in [-0.3, -0.25) is 4.79 Å². The smallest absolute Gasteiger partial charge is 0.343 e. The lowest BCUT2D eigenvalue weighted by Gasteiger charge is -2.24. The fourth-order valence-corrected chi connectivity index (χ4v) is 3.01. The number of ether oxygens (including phenoxy) is 4. The lowest BCUT2D eigenvalue weighted by Crippen LogP contribution is -2.42. The first-order chi connectivity index (χ1) is 16.0. The van der Waals surface area contributed by atoms with Gasteiger partial charge in [-0.25, -0.2) is 14.6 Å². The van der Waals surface area contributed by atoms with E-state index in [-0.39, 0.29) is 23.7 Å². The second kappa shape index (κ2) is 9.82. The Bertz CT molecular complexity index is 1210. The molecule has 9 heteroatoms. The van der Waals surface area contributed by atoms with Crippen molar-refractivity contribution < 1.29 is 32.9 Å².